The molecule has 86 heavy (non-hydrogen) atoms. The van der Waals surface area contributed by atoms with Gasteiger partial charge in [-0.05, 0) is 116 Å². The predicted octanol–water partition coefficient (Wildman–Crippen LogP) is 17.8. The van der Waals surface area contributed by atoms with Gasteiger partial charge in [-0.2, -0.15) is 0 Å². The van der Waals surface area contributed by atoms with Gasteiger partial charge >= 0.3 is 5.97 Å². The van der Waals surface area contributed by atoms with Crippen LogP contribution >= 0.6 is 0 Å². The zero-order chi connectivity index (χ0) is 62.4. The molecule has 1 aliphatic rings. The van der Waals surface area contributed by atoms with E-state index in [1.807, 2.05) is 6.08 Å². The second kappa shape index (κ2) is 61.3. The molecular weight excluding hydrogens is 1070 g/mol. The minimum atomic E-state index is -1.63. The summed E-state index contributed by atoms with van der Waals surface area (Å²) in [6.45, 7) is 5.64. The predicted molar refractivity (Wildman–Crippen MR) is 361 cm³/mol. The molecule has 1 fully saturated rings. The molecule has 0 bridgehead atoms. The minimum absolute atomic E-state index is 0.0944. The third kappa shape index (κ3) is 48.0. The van der Waals surface area contributed by atoms with E-state index in [2.05, 4.69) is 135 Å². The Kier molecular flexibility index (Phi) is 57.1. The van der Waals surface area contributed by atoms with Gasteiger partial charge in [0.2, 0.25) is 5.91 Å². The van der Waals surface area contributed by atoms with Crippen molar-refractivity contribution >= 4 is 11.9 Å². The van der Waals surface area contributed by atoms with Crippen molar-refractivity contribution in [3.63, 3.8) is 0 Å². The fourth-order valence-electron chi connectivity index (χ4n) is 10.1. The van der Waals surface area contributed by atoms with E-state index in [-0.39, 0.29) is 19.4 Å². The van der Waals surface area contributed by atoms with Gasteiger partial charge in [-0.15, -0.1) is 0 Å². The molecule has 11 nitrogen and oxygen atoms in total. The van der Waals surface area contributed by atoms with E-state index < -0.39 is 67.4 Å². The Balaban J connectivity index is 2.62. The number of aliphatic hydroxyl groups is 5. The number of aliphatic hydroxyl groups excluding tert-OH is 5. The van der Waals surface area contributed by atoms with Gasteiger partial charge in [-0.25, -0.2) is 0 Å². The Bertz CT molecular complexity index is 1860. The maximum Gasteiger partial charge on any atom is 0.306 e. The molecule has 492 valence electrons. The van der Waals surface area contributed by atoms with Crippen LogP contribution in [-0.2, 0) is 23.8 Å². The molecule has 1 aliphatic heterocycles. The first-order valence-corrected chi connectivity index (χ1v) is 34.8. The number of ether oxygens (including phenoxy) is 3. The van der Waals surface area contributed by atoms with Gasteiger partial charge in [0.1, 0.15) is 24.4 Å². The first kappa shape index (κ1) is 80.1. The van der Waals surface area contributed by atoms with Crippen LogP contribution in [0.1, 0.15) is 278 Å². The quantitative estimate of drug-likeness (QED) is 0.0195. The highest BCUT2D eigenvalue weighted by Gasteiger charge is 2.47. The fourth-order valence-corrected chi connectivity index (χ4v) is 10.1. The van der Waals surface area contributed by atoms with E-state index in [4.69, 9.17) is 14.2 Å². The summed E-state index contributed by atoms with van der Waals surface area (Å²) in [6, 6.07) is -1.04. The number of rotatable bonds is 58. The first-order chi connectivity index (χ1) is 42.2. The number of nitrogens with one attached hydrogen (secondary N) is 1. The van der Waals surface area contributed by atoms with Crippen LogP contribution in [0, 0.1) is 0 Å². The summed E-state index contributed by atoms with van der Waals surface area (Å²) in [5, 5.41) is 57.2. The van der Waals surface area contributed by atoms with E-state index in [9.17, 15) is 35.1 Å². The van der Waals surface area contributed by atoms with E-state index in [0.717, 1.165) is 141 Å². The number of hydrogen-bond acceptors (Lipinski definition) is 10. The molecule has 1 amide bonds. The van der Waals surface area contributed by atoms with Crippen LogP contribution in [-0.4, -0.2) is 99.6 Å². The maximum atomic E-state index is 13.5. The first-order valence-electron chi connectivity index (χ1n) is 34.8. The Hall–Kier alpha value is -3.94. The summed E-state index contributed by atoms with van der Waals surface area (Å²) >= 11 is 0. The summed E-state index contributed by atoms with van der Waals surface area (Å²) < 4.78 is 17.7. The molecule has 0 radical (unpaired) electrons. The molecule has 6 N–H and O–H groups in total. The molecule has 11 heteroatoms. The van der Waals surface area contributed by atoms with Crippen molar-refractivity contribution in [3.8, 4) is 0 Å². The molecule has 0 aromatic heterocycles. The number of amides is 1. The van der Waals surface area contributed by atoms with Crippen molar-refractivity contribution in [2.24, 2.45) is 0 Å². The molecule has 0 spiro atoms. The topological polar surface area (TPSA) is 175 Å². The van der Waals surface area contributed by atoms with Gasteiger partial charge in [-0.3, -0.25) is 9.59 Å². The zero-order valence-corrected chi connectivity index (χ0v) is 54.6. The SMILES string of the molecule is CC/C=C\C/C=C\C/C=C\C/C=C\C/C=C\CCCCCCCC(=O)OC1C(OCC(NC(=O)C(O)CCCCCCCCCC/C=C\C/C=C\C/C=C\C/C=C\CCCCC)C(O)/C=C/CCCCCCCCCCCC)OC(CO)C(O)C1O. The lowest BCUT2D eigenvalue weighted by atomic mass is 9.99. The third-order valence-electron chi connectivity index (χ3n) is 15.6. The highest BCUT2D eigenvalue weighted by atomic mass is 16.7. The summed E-state index contributed by atoms with van der Waals surface area (Å²) in [5.74, 6) is -1.23. The standard InChI is InChI=1S/C75H127NO10/c1-4-7-10-13-16-19-22-25-27-29-31-33-34-35-37-38-40-42-44-47-50-53-56-59-62-68(79)74(83)76-66(67(78)61-58-55-52-49-46-24-21-18-15-12-9-6-3)65-84-75-73(72(82)71(81)69(64-77)85-75)86-70(80)63-60-57-54-51-48-45-43-41-39-36-32-30-28-26-23-20-17-14-11-8-5-2/h8,11,16-17,19-20,25-28,31-33,35-37,41,43,58,61,66-69,71-73,75,77-79,81-82H,4-7,9-10,12-15,18,21-24,29-30,34,38-40,42,44-57,59-60,62-65H2,1-3H3,(H,76,83)/b11-8-,19-16-,20-17-,27-25-,28-26-,33-31-,36-32-,37-35-,43-41-,61-58+. The molecule has 8 atom stereocenters. The lowest BCUT2D eigenvalue weighted by molar-refractivity contribution is -0.305. The monoisotopic (exact) mass is 1200 g/mol. The second-order valence-electron chi connectivity index (χ2n) is 23.5. The molecule has 0 aliphatic carbocycles. The van der Waals surface area contributed by atoms with E-state index >= 15 is 0 Å². The van der Waals surface area contributed by atoms with Gasteiger partial charge in [-0.1, -0.05) is 277 Å². The average Bonchev–Trinajstić information content (AvgIpc) is 3.38. The van der Waals surface area contributed by atoms with Crippen molar-refractivity contribution in [2.75, 3.05) is 13.2 Å². The smallest absolute Gasteiger partial charge is 0.306 e. The Morgan fingerprint density at radius 1 is 0.465 bits per heavy atom. The molecule has 1 saturated heterocycles. The van der Waals surface area contributed by atoms with Crippen molar-refractivity contribution in [1.29, 1.82) is 0 Å². The Labute approximate surface area is 525 Å². The normalized spacial score (nSPS) is 19.1. The van der Waals surface area contributed by atoms with E-state index in [1.165, 1.54) is 89.9 Å². The summed E-state index contributed by atoms with van der Waals surface area (Å²) in [6.07, 6.45) is 75.1. The lowest BCUT2D eigenvalue weighted by Crippen LogP contribution is -2.61. The Morgan fingerprint density at radius 2 is 0.837 bits per heavy atom. The van der Waals surface area contributed by atoms with Crippen molar-refractivity contribution in [3.05, 3.63) is 122 Å². The van der Waals surface area contributed by atoms with Crippen molar-refractivity contribution < 1.29 is 49.3 Å². The summed E-state index contributed by atoms with van der Waals surface area (Å²) in [7, 11) is 0. The third-order valence-corrected chi connectivity index (χ3v) is 15.6. The number of carbonyl (C=O) groups is 2. The van der Waals surface area contributed by atoms with Crippen molar-refractivity contribution in [1.82, 2.24) is 5.32 Å². The number of hydrogen-bond donors (Lipinski definition) is 6. The molecule has 1 rings (SSSR count). The highest BCUT2D eigenvalue weighted by molar-refractivity contribution is 5.80. The van der Waals surface area contributed by atoms with Crippen LogP contribution in [0.3, 0.4) is 0 Å². The van der Waals surface area contributed by atoms with Crippen LogP contribution < -0.4 is 5.32 Å². The van der Waals surface area contributed by atoms with Crippen LogP contribution in [0.5, 0.6) is 0 Å². The number of unbranched alkanes of at least 4 members (excludes halogenated alkanes) is 26. The van der Waals surface area contributed by atoms with Crippen LogP contribution in [0.4, 0.5) is 0 Å². The summed E-state index contributed by atoms with van der Waals surface area (Å²) in [4.78, 5) is 26.7. The molecule has 8 unspecified atom stereocenters. The number of allylic oxidation sites excluding steroid dienone is 19. The largest absolute Gasteiger partial charge is 0.454 e. The maximum absolute atomic E-state index is 13.5. The highest BCUT2D eigenvalue weighted by Crippen LogP contribution is 2.26. The van der Waals surface area contributed by atoms with Crippen molar-refractivity contribution in [2.45, 2.75) is 327 Å². The number of esters is 1. The minimum Gasteiger partial charge on any atom is -0.454 e. The molecule has 0 aromatic rings. The average molecular weight is 1200 g/mol. The molecular formula is C75H127NO10. The van der Waals surface area contributed by atoms with Crippen LogP contribution in [0.2, 0.25) is 0 Å². The molecule has 0 aromatic carbocycles. The van der Waals surface area contributed by atoms with Gasteiger partial charge in [0.05, 0.1) is 25.4 Å². The van der Waals surface area contributed by atoms with Gasteiger partial charge < -0.3 is 45.1 Å². The van der Waals surface area contributed by atoms with Crippen LogP contribution in [0.25, 0.3) is 0 Å². The van der Waals surface area contributed by atoms with Gasteiger partial charge in [0.25, 0.3) is 0 Å². The molecule has 1 heterocycles. The lowest BCUT2D eigenvalue weighted by Gasteiger charge is -2.41. The van der Waals surface area contributed by atoms with Gasteiger partial charge in [0.15, 0.2) is 12.4 Å². The second-order valence-corrected chi connectivity index (χ2v) is 23.5. The van der Waals surface area contributed by atoms with E-state index in [0.29, 0.717) is 12.8 Å². The van der Waals surface area contributed by atoms with Crippen LogP contribution in [0.15, 0.2) is 122 Å². The van der Waals surface area contributed by atoms with Gasteiger partial charge in [0, 0.05) is 6.42 Å². The Morgan fingerprint density at radius 3 is 1.28 bits per heavy atom. The molecule has 0 saturated carbocycles. The number of carbonyl (C=O) groups excluding carboxylic acids is 2. The van der Waals surface area contributed by atoms with E-state index in [1.54, 1.807) is 6.08 Å². The summed E-state index contributed by atoms with van der Waals surface area (Å²) in [5.41, 5.74) is 0. The fraction of sp³-hybridized carbons (Fsp3) is 0.707. The zero-order valence-electron chi connectivity index (χ0n) is 54.6.